The molecule has 1 amide bonds. The van der Waals surface area contributed by atoms with Crippen LogP contribution in [0.25, 0.3) is 0 Å². The molecule has 0 saturated heterocycles. The molecule has 124 valence electrons. The number of phenols is 1. The van der Waals surface area contributed by atoms with Crippen LogP contribution in [0.5, 0.6) is 5.75 Å². The second kappa shape index (κ2) is 5.48. The lowest BCUT2D eigenvalue weighted by Gasteiger charge is -2.16. The number of aromatic hydroxyl groups is 1. The van der Waals surface area contributed by atoms with E-state index >= 15 is 0 Å². The summed E-state index contributed by atoms with van der Waals surface area (Å²) >= 11 is 0. The van der Waals surface area contributed by atoms with Gasteiger partial charge in [0.1, 0.15) is 6.26 Å². The van der Waals surface area contributed by atoms with E-state index in [9.17, 15) is 31.1 Å². The van der Waals surface area contributed by atoms with Gasteiger partial charge in [-0.15, -0.1) is 0 Å². The number of phenolic OH excluding ortho intramolecular Hbond substituents is 1. The number of aromatic nitrogens is 1. The summed E-state index contributed by atoms with van der Waals surface area (Å²) in [6, 6.07) is 1.50. The summed E-state index contributed by atoms with van der Waals surface area (Å²) in [6.45, 7) is 0. The summed E-state index contributed by atoms with van der Waals surface area (Å²) in [5.41, 5.74) is -2.03. The Balaban J connectivity index is 2.19. The molecule has 0 aliphatic heterocycles. The molecule has 23 heavy (non-hydrogen) atoms. The Bertz CT molecular complexity index is 741. The van der Waals surface area contributed by atoms with Gasteiger partial charge in [0.15, 0.2) is 17.3 Å². The van der Waals surface area contributed by atoms with Crippen molar-refractivity contribution in [3.05, 3.63) is 41.5 Å². The SMILES string of the molecule is O=C(Nc1nc(C(F)(F)C(F)(F)F)co1)c1ccc(F)c(O)c1. The maximum absolute atomic E-state index is 13.0. The molecular formula is C12H6F6N2O3. The molecule has 0 spiro atoms. The molecule has 0 atom stereocenters. The first-order valence-corrected chi connectivity index (χ1v) is 5.73. The average molecular weight is 340 g/mol. The fourth-order valence-electron chi connectivity index (χ4n) is 1.44. The second-order valence-electron chi connectivity index (χ2n) is 4.23. The number of hydrogen-bond donors (Lipinski definition) is 2. The zero-order chi connectivity index (χ0) is 17.4. The lowest BCUT2D eigenvalue weighted by molar-refractivity contribution is -0.290. The first-order chi connectivity index (χ1) is 10.5. The van der Waals surface area contributed by atoms with Crippen molar-refractivity contribution in [2.24, 2.45) is 0 Å². The molecule has 0 fully saturated rings. The fourth-order valence-corrected chi connectivity index (χ4v) is 1.44. The highest BCUT2D eigenvalue weighted by Gasteiger charge is 2.60. The molecule has 2 aromatic rings. The van der Waals surface area contributed by atoms with E-state index in [1.165, 1.54) is 0 Å². The molecular weight excluding hydrogens is 334 g/mol. The van der Waals surface area contributed by atoms with Crippen LogP contribution >= 0.6 is 0 Å². The number of alkyl halides is 5. The summed E-state index contributed by atoms with van der Waals surface area (Å²) in [6.07, 6.45) is -5.83. The summed E-state index contributed by atoms with van der Waals surface area (Å²) in [5.74, 6) is -8.18. The third kappa shape index (κ3) is 3.22. The van der Waals surface area contributed by atoms with Crippen LogP contribution in [0.4, 0.5) is 32.4 Å². The topological polar surface area (TPSA) is 75.4 Å². The van der Waals surface area contributed by atoms with Gasteiger partial charge in [-0.05, 0) is 18.2 Å². The number of halogens is 6. The van der Waals surface area contributed by atoms with Crippen LogP contribution in [0.2, 0.25) is 0 Å². The zero-order valence-electron chi connectivity index (χ0n) is 10.8. The van der Waals surface area contributed by atoms with Crippen molar-refractivity contribution in [3.63, 3.8) is 0 Å². The van der Waals surface area contributed by atoms with Crippen LogP contribution in [0.15, 0.2) is 28.9 Å². The Hall–Kier alpha value is -2.72. The molecule has 1 heterocycles. The van der Waals surface area contributed by atoms with Gasteiger partial charge in [-0.3, -0.25) is 10.1 Å². The van der Waals surface area contributed by atoms with E-state index < -0.39 is 41.3 Å². The van der Waals surface area contributed by atoms with Crippen molar-refractivity contribution in [3.8, 4) is 5.75 Å². The number of rotatable bonds is 3. The first-order valence-electron chi connectivity index (χ1n) is 5.73. The van der Waals surface area contributed by atoms with Crippen molar-refractivity contribution >= 4 is 11.9 Å². The van der Waals surface area contributed by atoms with Crippen molar-refractivity contribution in [1.82, 2.24) is 4.98 Å². The molecule has 0 saturated carbocycles. The first kappa shape index (κ1) is 16.6. The molecule has 0 aliphatic rings. The molecule has 2 rings (SSSR count). The molecule has 0 bridgehead atoms. The molecule has 0 aliphatic carbocycles. The highest BCUT2D eigenvalue weighted by molar-refractivity contribution is 6.03. The number of carbonyl (C=O) groups is 1. The average Bonchev–Trinajstić information content (AvgIpc) is 2.89. The van der Waals surface area contributed by atoms with Crippen molar-refractivity contribution in [2.45, 2.75) is 12.1 Å². The highest BCUT2D eigenvalue weighted by Crippen LogP contribution is 2.43. The predicted molar refractivity (Wildman–Crippen MR) is 62.5 cm³/mol. The van der Waals surface area contributed by atoms with E-state index in [0.717, 1.165) is 18.2 Å². The maximum atomic E-state index is 13.0. The Kier molecular flexibility index (Phi) is 3.97. The van der Waals surface area contributed by atoms with E-state index in [0.29, 0.717) is 0 Å². The van der Waals surface area contributed by atoms with Gasteiger partial charge in [0, 0.05) is 5.56 Å². The van der Waals surface area contributed by atoms with Gasteiger partial charge in [-0.25, -0.2) is 4.39 Å². The summed E-state index contributed by atoms with van der Waals surface area (Å²) in [4.78, 5) is 14.5. The van der Waals surface area contributed by atoms with E-state index in [4.69, 9.17) is 5.11 Å². The summed E-state index contributed by atoms with van der Waals surface area (Å²) < 4.78 is 79.6. The van der Waals surface area contributed by atoms with E-state index in [1.807, 2.05) is 0 Å². The third-order valence-electron chi connectivity index (χ3n) is 2.61. The minimum absolute atomic E-state index is 0.0469. The molecule has 1 aromatic carbocycles. The minimum Gasteiger partial charge on any atom is -0.505 e. The highest BCUT2D eigenvalue weighted by atomic mass is 19.4. The molecule has 11 heteroatoms. The molecule has 0 radical (unpaired) electrons. The number of anilines is 1. The Morgan fingerprint density at radius 3 is 2.43 bits per heavy atom. The second-order valence-corrected chi connectivity index (χ2v) is 4.23. The summed E-state index contributed by atoms with van der Waals surface area (Å²) in [7, 11) is 0. The fraction of sp³-hybridized carbons (Fsp3) is 0.167. The number of benzene rings is 1. The Morgan fingerprint density at radius 1 is 1.22 bits per heavy atom. The number of amides is 1. The van der Waals surface area contributed by atoms with Gasteiger partial charge in [0.2, 0.25) is 0 Å². The molecule has 0 unspecified atom stereocenters. The van der Waals surface area contributed by atoms with Gasteiger partial charge in [-0.1, -0.05) is 0 Å². The molecule has 1 aromatic heterocycles. The van der Waals surface area contributed by atoms with Crippen LogP contribution < -0.4 is 5.32 Å². The monoisotopic (exact) mass is 340 g/mol. The lowest BCUT2D eigenvalue weighted by Crippen LogP contribution is -2.34. The third-order valence-corrected chi connectivity index (χ3v) is 2.61. The van der Waals surface area contributed by atoms with Gasteiger partial charge in [-0.2, -0.15) is 26.9 Å². The van der Waals surface area contributed by atoms with Gasteiger partial charge in [0.25, 0.3) is 5.91 Å². The summed E-state index contributed by atoms with van der Waals surface area (Å²) in [5, 5.41) is 10.9. The number of hydrogen-bond acceptors (Lipinski definition) is 4. The number of oxazole rings is 1. The van der Waals surface area contributed by atoms with E-state index in [2.05, 4.69) is 9.40 Å². The van der Waals surface area contributed by atoms with Crippen LogP contribution in [-0.4, -0.2) is 22.2 Å². The van der Waals surface area contributed by atoms with Crippen molar-refractivity contribution < 1.29 is 40.7 Å². The van der Waals surface area contributed by atoms with Gasteiger partial charge < -0.3 is 9.52 Å². The number of nitrogens with one attached hydrogen (secondary N) is 1. The van der Waals surface area contributed by atoms with Gasteiger partial charge in [0.05, 0.1) is 0 Å². The largest absolute Gasteiger partial charge is 0.505 e. The van der Waals surface area contributed by atoms with Crippen LogP contribution in [0.1, 0.15) is 16.1 Å². The predicted octanol–water partition coefficient (Wildman–Crippen LogP) is 3.43. The molecule has 5 nitrogen and oxygen atoms in total. The van der Waals surface area contributed by atoms with Crippen molar-refractivity contribution in [2.75, 3.05) is 5.32 Å². The Morgan fingerprint density at radius 2 is 1.87 bits per heavy atom. The number of carbonyl (C=O) groups excluding carboxylic acids is 1. The normalized spacial score (nSPS) is 12.3. The smallest absolute Gasteiger partial charge is 0.459 e. The zero-order valence-corrected chi connectivity index (χ0v) is 10.8. The standard InChI is InChI=1S/C12H6F6N2O3/c13-6-2-1-5(3-7(6)21)9(22)20-10-19-8(4-23-10)11(14,15)12(16,17)18/h1-4,21H,(H,19,20,22). The van der Waals surface area contributed by atoms with E-state index in [1.54, 1.807) is 5.32 Å². The lowest BCUT2D eigenvalue weighted by atomic mass is 10.2. The molecule has 2 N–H and O–H groups in total. The maximum Gasteiger partial charge on any atom is 0.459 e. The van der Waals surface area contributed by atoms with Crippen LogP contribution in [0.3, 0.4) is 0 Å². The van der Waals surface area contributed by atoms with Crippen molar-refractivity contribution in [1.29, 1.82) is 0 Å². The quantitative estimate of drug-likeness (QED) is 0.840. The van der Waals surface area contributed by atoms with Gasteiger partial charge >= 0.3 is 18.1 Å². The number of nitrogens with zero attached hydrogens (tertiary/aromatic N) is 1. The van der Waals surface area contributed by atoms with Crippen LogP contribution in [-0.2, 0) is 5.92 Å². The minimum atomic E-state index is -5.88. The van der Waals surface area contributed by atoms with Crippen LogP contribution in [0, 0.1) is 5.82 Å². The van der Waals surface area contributed by atoms with E-state index in [-0.39, 0.29) is 11.8 Å². The Labute approximate surface area is 123 Å².